The Labute approximate surface area is 356 Å². The molecule has 0 bridgehead atoms. The molecule has 6 aromatic rings. The number of likely N-dealkylation sites (tertiary alicyclic amines) is 2. The first-order valence-electron chi connectivity index (χ1n) is 21.3. The van der Waals surface area contributed by atoms with Crippen LogP contribution in [0.5, 0.6) is 0 Å². The Bertz CT molecular complexity index is 2420. The van der Waals surface area contributed by atoms with E-state index in [0.717, 1.165) is 89.5 Å². The smallest absolute Gasteiger partial charge is 0.407 e. The standard InChI is InChI=1S/C47H54N10O4/c1-5-55(6-2)42(35-12-8-7-9-13-35)46(59)57-25-11-15-40(57)44-51-29-38(53-44)34-22-18-32(19-23-34)31-16-20-33(21-17-31)37-28-50-43(52-37)39-14-10-24-56(39)45(58)41(61-47(60)48-3)26-36-27-49-30-54(36)4/h7-9,12-13,16-23,27-30,39-42H,5-6,10-11,14-15,24-26H2,1-4H3,(H,48,60)(H,50,52)(H,51,53)/t39-,40-,41-,42+/m0/s1. The normalized spacial score (nSPS) is 17.5. The number of likely N-dealkylation sites (N-methyl/N-ethyl adjacent to an activating group) is 1. The van der Waals surface area contributed by atoms with Gasteiger partial charge >= 0.3 is 6.09 Å². The van der Waals surface area contributed by atoms with Gasteiger partial charge < -0.3 is 34.4 Å². The lowest BCUT2D eigenvalue weighted by Gasteiger charge is -2.34. The number of benzene rings is 3. The number of amides is 3. The maximum Gasteiger partial charge on any atom is 0.407 e. The molecule has 0 unspecified atom stereocenters. The van der Waals surface area contributed by atoms with Crippen LogP contribution in [-0.2, 0) is 27.8 Å². The van der Waals surface area contributed by atoms with E-state index in [1.807, 2.05) is 40.9 Å². The number of ether oxygens (including phenoxy) is 1. The molecule has 8 rings (SSSR count). The summed E-state index contributed by atoms with van der Waals surface area (Å²) in [6.07, 6.45) is 8.93. The SMILES string of the molecule is CCN(CC)[C@@H](C(=O)N1CCC[C@H]1c1ncc(-c2ccc(-c3ccc(-c4cnc([C@@H]5CCCN5C(=O)[C@H](Cc5cncn5C)OC(=O)NC)[nH]4)cc3)cc2)[nH]1)c1ccccc1. The third kappa shape index (κ3) is 8.71. The van der Waals surface area contributed by atoms with Gasteiger partial charge in [0.1, 0.15) is 17.7 Å². The minimum atomic E-state index is -1.000. The molecule has 3 aromatic carbocycles. The third-order valence-electron chi connectivity index (χ3n) is 12.2. The van der Waals surface area contributed by atoms with Gasteiger partial charge in [-0.15, -0.1) is 0 Å². The van der Waals surface area contributed by atoms with Gasteiger partial charge in [-0.05, 0) is 66.6 Å². The Morgan fingerprint density at radius 2 is 1.28 bits per heavy atom. The molecule has 3 amide bonds. The Morgan fingerprint density at radius 3 is 1.77 bits per heavy atom. The summed E-state index contributed by atoms with van der Waals surface area (Å²) < 4.78 is 7.38. The quantitative estimate of drug-likeness (QED) is 0.104. The Balaban J connectivity index is 0.925. The molecule has 0 spiro atoms. The number of alkyl carbamates (subject to hydrolysis) is 1. The number of carbonyl (C=O) groups excluding carboxylic acids is 3. The number of nitrogens with zero attached hydrogens (tertiary/aromatic N) is 7. The first-order chi connectivity index (χ1) is 29.8. The molecule has 2 saturated heterocycles. The molecular formula is C47H54N10O4. The number of H-pyrrole nitrogens is 2. The third-order valence-corrected chi connectivity index (χ3v) is 12.2. The van der Waals surface area contributed by atoms with Gasteiger partial charge in [-0.3, -0.25) is 14.5 Å². The molecule has 3 aromatic heterocycles. The largest absolute Gasteiger partial charge is 0.436 e. The first kappa shape index (κ1) is 41.2. The Kier molecular flexibility index (Phi) is 12.4. The van der Waals surface area contributed by atoms with Gasteiger partial charge in [0, 0.05) is 45.5 Å². The lowest BCUT2D eigenvalue weighted by molar-refractivity contribution is -0.141. The van der Waals surface area contributed by atoms with E-state index < -0.39 is 12.2 Å². The van der Waals surface area contributed by atoms with Crippen molar-refractivity contribution in [2.24, 2.45) is 7.05 Å². The molecule has 316 valence electrons. The Morgan fingerprint density at radius 1 is 0.754 bits per heavy atom. The van der Waals surface area contributed by atoms with Gasteiger partial charge in [-0.25, -0.2) is 19.7 Å². The molecule has 2 fully saturated rings. The van der Waals surface area contributed by atoms with Crippen LogP contribution in [0.15, 0.2) is 104 Å². The van der Waals surface area contributed by atoms with Crippen LogP contribution in [0.1, 0.15) is 80.6 Å². The molecular weight excluding hydrogens is 769 g/mol. The van der Waals surface area contributed by atoms with Crippen molar-refractivity contribution in [2.75, 3.05) is 33.2 Å². The summed E-state index contributed by atoms with van der Waals surface area (Å²) in [5.74, 6) is 1.39. The molecule has 2 aliphatic heterocycles. The summed E-state index contributed by atoms with van der Waals surface area (Å²) in [5.41, 5.74) is 7.73. The second-order valence-electron chi connectivity index (χ2n) is 15.8. The van der Waals surface area contributed by atoms with E-state index in [1.165, 1.54) is 7.05 Å². The summed E-state index contributed by atoms with van der Waals surface area (Å²) in [5, 5.41) is 2.46. The van der Waals surface area contributed by atoms with Crippen LogP contribution < -0.4 is 5.32 Å². The molecule has 0 aliphatic carbocycles. The van der Waals surface area contributed by atoms with Crippen molar-refractivity contribution in [3.05, 3.63) is 127 Å². The summed E-state index contributed by atoms with van der Waals surface area (Å²) in [7, 11) is 3.32. The molecule has 5 heterocycles. The van der Waals surface area contributed by atoms with E-state index in [0.29, 0.717) is 18.9 Å². The van der Waals surface area contributed by atoms with E-state index in [4.69, 9.17) is 14.7 Å². The first-order valence-corrected chi connectivity index (χ1v) is 21.3. The molecule has 0 radical (unpaired) electrons. The number of nitrogens with one attached hydrogen (secondary N) is 3. The van der Waals surface area contributed by atoms with Crippen molar-refractivity contribution in [3.63, 3.8) is 0 Å². The van der Waals surface area contributed by atoms with Crippen molar-refractivity contribution in [2.45, 2.75) is 70.2 Å². The average molecular weight is 823 g/mol. The fourth-order valence-corrected chi connectivity index (χ4v) is 8.83. The fraction of sp³-hybridized carbons (Fsp3) is 0.362. The molecule has 14 nitrogen and oxygen atoms in total. The van der Waals surface area contributed by atoms with Crippen molar-refractivity contribution < 1.29 is 19.1 Å². The number of hydrogen-bond acceptors (Lipinski definition) is 8. The van der Waals surface area contributed by atoms with Crippen LogP contribution in [0.25, 0.3) is 33.6 Å². The van der Waals surface area contributed by atoms with Gasteiger partial charge in [0.25, 0.3) is 5.91 Å². The highest BCUT2D eigenvalue weighted by Crippen LogP contribution is 2.37. The lowest BCUT2D eigenvalue weighted by Crippen LogP contribution is -2.43. The molecule has 2 aliphatic rings. The van der Waals surface area contributed by atoms with Gasteiger partial charge in [-0.2, -0.15) is 0 Å². The maximum atomic E-state index is 14.2. The van der Waals surface area contributed by atoms with E-state index in [2.05, 4.69) is 99.7 Å². The monoisotopic (exact) mass is 822 g/mol. The average Bonchev–Trinajstić information content (AvgIpc) is 4.16. The number of imidazole rings is 3. The van der Waals surface area contributed by atoms with Crippen LogP contribution in [-0.4, -0.2) is 101 Å². The zero-order valence-electron chi connectivity index (χ0n) is 35.3. The molecule has 3 N–H and O–H groups in total. The number of carbonyl (C=O) groups is 3. The summed E-state index contributed by atoms with van der Waals surface area (Å²) in [6.45, 7) is 7.05. The van der Waals surface area contributed by atoms with Crippen molar-refractivity contribution in [3.8, 4) is 33.6 Å². The number of rotatable bonds is 14. The van der Waals surface area contributed by atoms with Crippen LogP contribution in [0.4, 0.5) is 4.79 Å². The zero-order valence-corrected chi connectivity index (χ0v) is 35.3. The van der Waals surface area contributed by atoms with Crippen molar-refractivity contribution in [1.82, 2.24) is 49.5 Å². The fourth-order valence-electron chi connectivity index (χ4n) is 8.83. The van der Waals surface area contributed by atoms with Crippen molar-refractivity contribution in [1.29, 1.82) is 0 Å². The highest BCUT2D eigenvalue weighted by molar-refractivity contribution is 5.85. The summed E-state index contributed by atoms with van der Waals surface area (Å²) >= 11 is 0. The number of aromatic amines is 2. The number of aryl methyl sites for hydroxylation is 1. The van der Waals surface area contributed by atoms with Gasteiger partial charge in [0.2, 0.25) is 5.91 Å². The van der Waals surface area contributed by atoms with E-state index >= 15 is 0 Å². The number of hydrogen-bond donors (Lipinski definition) is 3. The van der Waals surface area contributed by atoms with Crippen LogP contribution in [0.3, 0.4) is 0 Å². The van der Waals surface area contributed by atoms with Crippen molar-refractivity contribution >= 4 is 17.9 Å². The van der Waals surface area contributed by atoms with Gasteiger partial charge in [0.15, 0.2) is 6.10 Å². The van der Waals surface area contributed by atoms with E-state index in [1.54, 1.807) is 23.6 Å². The second-order valence-corrected chi connectivity index (χ2v) is 15.8. The zero-order chi connectivity index (χ0) is 42.5. The molecule has 14 heteroatoms. The van der Waals surface area contributed by atoms with Crippen LogP contribution >= 0.6 is 0 Å². The van der Waals surface area contributed by atoms with Crippen LogP contribution in [0.2, 0.25) is 0 Å². The van der Waals surface area contributed by atoms with E-state index in [-0.39, 0.29) is 36.4 Å². The molecule has 61 heavy (non-hydrogen) atoms. The predicted octanol–water partition coefficient (Wildman–Crippen LogP) is 7.24. The topological polar surface area (TPSA) is 157 Å². The van der Waals surface area contributed by atoms with Gasteiger partial charge in [-0.1, -0.05) is 92.7 Å². The predicted molar refractivity (Wildman–Crippen MR) is 233 cm³/mol. The lowest BCUT2D eigenvalue weighted by atomic mass is 10.0. The molecule has 4 atom stereocenters. The molecule has 0 saturated carbocycles. The summed E-state index contributed by atoms with van der Waals surface area (Å²) in [6, 6.07) is 26.2. The van der Waals surface area contributed by atoms with Crippen LogP contribution in [0, 0.1) is 0 Å². The minimum absolute atomic E-state index is 0.101. The maximum absolute atomic E-state index is 14.2. The number of aromatic nitrogens is 6. The minimum Gasteiger partial charge on any atom is -0.436 e. The highest BCUT2D eigenvalue weighted by atomic mass is 16.6. The highest BCUT2D eigenvalue weighted by Gasteiger charge is 2.39. The second kappa shape index (κ2) is 18.4. The Hall–Kier alpha value is -6.54. The van der Waals surface area contributed by atoms with Gasteiger partial charge in [0.05, 0.1) is 42.2 Å². The summed E-state index contributed by atoms with van der Waals surface area (Å²) in [4.78, 5) is 67.1. The van der Waals surface area contributed by atoms with E-state index in [9.17, 15) is 14.4 Å².